The van der Waals surface area contributed by atoms with Crippen molar-refractivity contribution in [2.24, 2.45) is 0 Å². The molecule has 2 aromatic rings. The quantitative estimate of drug-likeness (QED) is 0.880. The Morgan fingerprint density at radius 3 is 2.70 bits per heavy atom. The number of benzene rings is 2. The highest BCUT2D eigenvalue weighted by Gasteiger charge is 2.12. The third kappa shape index (κ3) is 3.14. The fourth-order valence-electron chi connectivity index (χ4n) is 1.95. The van der Waals surface area contributed by atoms with Gasteiger partial charge in [0.25, 0.3) is 0 Å². The summed E-state index contributed by atoms with van der Waals surface area (Å²) >= 11 is 5.95. The van der Waals surface area contributed by atoms with Crippen LogP contribution in [-0.4, -0.2) is 12.2 Å². The molecule has 0 saturated carbocycles. The van der Waals surface area contributed by atoms with Gasteiger partial charge in [-0.15, -0.1) is 0 Å². The summed E-state index contributed by atoms with van der Waals surface area (Å²) in [6.07, 6.45) is 0. The smallest absolute Gasteiger partial charge is 0.139 e. The van der Waals surface area contributed by atoms with Crippen LogP contribution in [0.25, 0.3) is 0 Å². The minimum absolute atomic E-state index is 0.0485. The van der Waals surface area contributed by atoms with Gasteiger partial charge in [-0.3, -0.25) is 0 Å². The first-order valence-corrected chi connectivity index (χ1v) is 6.47. The summed E-state index contributed by atoms with van der Waals surface area (Å²) in [5.41, 5.74) is 1.25. The Hall–Kier alpha value is -1.94. The molecule has 0 amide bonds. The second-order valence-corrected chi connectivity index (χ2v) is 4.83. The summed E-state index contributed by atoms with van der Waals surface area (Å²) < 4.78 is 18.4. The summed E-state index contributed by atoms with van der Waals surface area (Å²) in [4.78, 5) is 0. The summed E-state index contributed by atoms with van der Waals surface area (Å²) in [7, 11) is 1.53. The van der Waals surface area contributed by atoms with E-state index in [2.05, 4.69) is 5.32 Å². The van der Waals surface area contributed by atoms with Crippen molar-refractivity contribution in [3.05, 3.63) is 52.8 Å². The molecular weight excluding hydrogens is 281 g/mol. The van der Waals surface area contributed by atoms with Gasteiger partial charge in [-0.05, 0) is 37.3 Å². The van der Waals surface area contributed by atoms with E-state index >= 15 is 0 Å². The Morgan fingerprint density at radius 1 is 1.25 bits per heavy atom. The van der Waals surface area contributed by atoms with Gasteiger partial charge < -0.3 is 15.2 Å². The number of halogens is 2. The Labute approximate surface area is 122 Å². The molecule has 2 aromatic carbocycles. The summed E-state index contributed by atoms with van der Waals surface area (Å²) in [5.74, 6) is 0.208. The standard InChI is InChI=1S/C15H15ClFNO2/c1-9(12-7-10(17)3-6-14(12)19)18-11-4-5-13(16)15(8-11)20-2/h3-9,18-19H,1-2H3. The fourth-order valence-corrected chi connectivity index (χ4v) is 2.14. The number of methoxy groups -OCH3 is 1. The number of hydrogen-bond acceptors (Lipinski definition) is 3. The Morgan fingerprint density at radius 2 is 2.00 bits per heavy atom. The van der Waals surface area contributed by atoms with Crippen molar-refractivity contribution < 1.29 is 14.2 Å². The van der Waals surface area contributed by atoms with Gasteiger partial charge in [-0.25, -0.2) is 4.39 Å². The number of ether oxygens (including phenoxy) is 1. The van der Waals surface area contributed by atoms with Crippen molar-refractivity contribution in [2.75, 3.05) is 12.4 Å². The van der Waals surface area contributed by atoms with E-state index in [0.29, 0.717) is 16.3 Å². The Bertz CT molecular complexity index is 619. The van der Waals surface area contributed by atoms with Crippen LogP contribution in [0.1, 0.15) is 18.5 Å². The van der Waals surface area contributed by atoms with E-state index in [0.717, 1.165) is 5.69 Å². The van der Waals surface area contributed by atoms with Crippen LogP contribution in [0.2, 0.25) is 5.02 Å². The van der Waals surface area contributed by atoms with Crippen molar-refractivity contribution >= 4 is 17.3 Å². The van der Waals surface area contributed by atoms with E-state index in [-0.39, 0.29) is 17.6 Å². The first-order valence-electron chi connectivity index (χ1n) is 6.09. The molecule has 0 bridgehead atoms. The molecule has 1 atom stereocenters. The third-order valence-electron chi connectivity index (χ3n) is 2.99. The van der Waals surface area contributed by atoms with Gasteiger partial charge in [-0.1, -0.05) is 11.6 Å². The molecule has 0 aliphatic heterocycles. The van der Waals surface area contributed by atoms with E-state index in [4.69, 9.17) is 16.3 Å². The van der Waals surface area contributed by atoms with Crippen molar-refractivity contribution in [3.63, 3.8) is 0 Å². The van der Waals surface area contributed by atoms with Gasteiger partial charge in [0.1, 0.15) is 17.3 Å². The minimum atomic E-state index is -0.389. The van der Waals surface area contributed by atoms with Crippen LogP contribution >= 0.6 is 11.6 Å². The van der Waals surface area contributed by atoms with Gasteiger partial charge in [-0.2, -0.15) is 0 Å². The molecule has 2 N–H and O–H groups in total. The summed E-state index contributed by atoms with van der Waals surface area (Å²) in [6.45, 7) is 1.83. The van der Waals surface area contributed by atoms with Gasteiger partial charge in [0.2, 0.25) is 0 Å². The molecule has 0 radical (unpaired) electrons. The molecule has 106 valence electrons. The molecular formula is C15H15ClFNO2. The maximum absolute atomic E-state index is 13.2. The first-order chi connectivity index (χ1) is 9.51. The van der Waals surface area contributed by atoms with Crippen LogP contribution < -0.4 is 10.1 Å². The number of hydrogen-bond donors (Lipinski definition) is 2. The Kier molecular flexibility index (Phi) is 4.35. The first kappa shape index (κ1) is 14.5. The largest absolute Gasteiger partial charge is 0.508 e. The van der Waals surface area contributed by atoms with Crippen LogP contribution in [0.3, 0.4) is 0 Å². The maximum atomic E-state index is 13.2. The maximum Gasteiger partial charge on any atom is 0.139 e. The SMILES string of the molecule is COc1cc(NC(C)c2cc(F)ccc2O)ccc1Cl. The molecule has 0 saturated heterocycles. The van der Waals surface area contributed by atoms with Gasteiger partial charge in [0, 0.05) is 17.3 Å². The topological polar surface area (TPSA) is 41.5 Å². The third-order valence-corrected chi connectivity index (χ3v) is 3.30. The summed E-state index contributed by atoms with van der Waals surface area (Å²) in [5, 5.41) is 13.5. The van der Waals surface area contributed by atoms with Gasteiger partial charge in [0.05, 0.1) is 18.2 Å². The molecule has 0 fully saturated rings. The average molecular weight is 296 g/mol. The number of phenolic OH excluding ortho intramolecular Hbond substituents is 1. The van der Waals surface area contributed by atoms with Crippen LogP contribution in [0.4, 0.5) is 10.1 Å². The van der Waals surface area contributed by atoms with Crippen molar-refractivity contribution in [1.82, 2.24) is 0 Å². The zero-order chi connectivity index (χ0) is 14.7. The zero-order valence-electron chi connectivity index (χ0n) is 11.2. The lowest BCUT2D eigenvalue weighted by atomic mass is 10.1. The second kappa shape index (κ2) is 6.01. The average Bonchev–Trinajstić information content (AvgIpc) is 2.43. The lowest BCUT2D eigenvalue weighted by Gasteiger charge is -2.17. The molecule has 5 heteroatoms. The zero-order valence-corrected chi connectivity index (χ0v) is 11.9. The van der Waals surface area contributed by atoms with E-state index in [1.165, 1.54) is 25.3 Å². The lowest BCUT2D eigenvalue weighted by Crippen LogP contribution is -2.07. The van der Waals surface area contributed by atoms with Crippen LogP contribution in [0.5, 0.6) is 11.5 Å². The molecule has 0 aliphatic rings. The predicted molar refractivity (Wildman–Crippen MR) is 78.1 cm³/mol. The number of nitrogens with one attached hydrogen (secondary N) is 1. The molecule has 2 rings (SSSR count). The van der Waals surface area contributed by atoms with Crippen LogP contribution in [0, 0.1) is 5.82 Å². The van der Waals surface area contributed by atoms with Crippen molar-refractivity contribution in [1.29, 1.82) is 0 Å². The predicted octanol–water partition coefficient (Wildman–Crippen LogP) is 4.37. The van der Waals surface area contributed by atoms with E-state index < -0.39 is 0 Å². The molecule has 1 unspecified atom stereocenters. The molecule has 0 aromatic heterocycles. The van der Waals surface area contributed by atoms with Crippen molar-refractivity contribution in [3.8, 4) is 11.5 Å². The molecule has 3 nitrogen and oxygen atoms in total. The van der Waals surface area contributed by atoms with E-state index in [1.54, 1.807) is 18.2 Å². The highest BCUT2D eigenvalue weighted by Crippen LogP contribution is 2.31. The molecule has 0 aliphatic carbocycles. The van der Waals surface area contributed by atoms with Gasteiger partial charge in [0.15, 0.2) is 0 Å². The van der Waals surface area contributed by atoms with Crippen LogP contribution in [-0.2, 0) is 0 Å². The highest BCUT2D eigenvalue weighted by atomic mass is 35.5. The molecule has 0 heterocycles. The summed E-state index contributed by atoms with van der Waals surface area (Å²) in [6, 6.07) is 8.84. The highest BCUT2D eigenvalue weighted by molar-refractivity contribution is 6.32. The van der Waals surface area contributed by atoms with Crippen LogP contribution in [0.15, 0.2) is 36.4 Å². The second-order valence-electron chi connectivity index (χ2n) is 4.42. The molecule has 20 heavy (non-hydrogen) atoms. The van der Waals surface area contributed by atoms with Crippen molar-refractivity contribution in [2.45, 2.75) is 13.0 Å². The van der Waals surface area contributed by atoms with E-state index in [1.807, 2.05) is 6.92 Å². The fraction of sp³-hybridized carbons (Fsp3) is 0.200. The Balaban J connectivity index is 2.23. The number of phenols is 1. The molecule has 0 spiro atoms. The monoisotopic (exact) mass is 295 g/mol. The lowest BCUT2D eigenvalue weighted by molar-refractivity contribution is 0.415. The minimum Gasteiger partial charge on any atom is -0.508 e. The number of anilines is 1. The van der Waals surface area contributed by atoms with E-state index in [9.17, 15) is 9.50 Å². The van der Waals surface area contributed by atoms with Gasteiger partial charge >= 0.3 is 0 Å². The number of aromatic hydroxyl groups is 1. The number of rotatable bonds is 4. The normalized spacial score (nSPS) is 12.0.